The number of hydrogen-bond donors (Lipinski definition) is 4. The van der Waals surface area contributed by atoms with Gasteiger partial charge in [-0.2, -0.15) is 9.97 Å². The van der Waals surface area contributed by atoms with Crippen molar-refractivity contribution in [2.45, 2.75) is 107 Å². The molecule has 5 unspecified atom stereocenters. The normalized spacial score (nSPS) is 22.2. The molecule has 10 heterocycles. The van der Waals surface area contributed by atoms with E-state index in [4.69, 9.17) is 36.3 Å². The van der Waals surface area contributed by atoms with Crippen molar-refractivity contribution in [2.75, 3.05) is 50.8 Å². The Morgan fingerprint density at radius 2 is 1.82 bits per heavy atom. The summed E-state index contributed by atoms with van der Waals surface area (Å²) in [5, 5.41) is 26.7. The predicted octanol–water partition coefficient (Wildman–Crippen LogP) is 6.33. The molecule has 4 saturated heterocycles. The lowest BCUT2D eigenvalue weighted by molar-refractivity contribution is -0.172. The second kappa shape index (κ2) is 20.9. The molecule has 7 aromatic rings. The maximum Gasteiger partial charge on any atom is 0.343 e. The fourth-order valence-corrected chi connectivity index (χ4v) is 13.7. The number of aliphatic hydroxyl groups is 1. The Labute approximate surface area is 479 Å². The molecule has 22 heteroatoms. The van der Waals surface area contributed by atoms with Crippen molar-refractivity contribution in [1.82, 2.24) is 39.6 Å². The minimum Gasteiger partial charge on any atom is -0.508 e. The molecule has 4 aromatic heterocycles. The summed E-state index contributed by atoms with van der Waals surface area (Å²) >= 11 is 0. The number of piperazine rings is 1. The first-order valence-electron chi connectivity index (χ1n) is 28.3. The third kappa shape index (κ3) is 8.93. The van der Waals surface area contributed by atoms with Gasteiger partial charge in [0.1, 0.15) is 60.3 Å². The minimum atomic E-state index is -2.02. The molecule has 0 radical (unpaired) electrons. The van der Waals surface area contributed by atoms with Crippen LogP contribution in [0.15, 0.2) is 71.7 Å². The number of amides is 2. The first-order valence-corrected chi connectivity index (χ1v) is 28.3. The number of nitrogens with one attached hydrogen (secondary N) is 1. The topological polar surface area (TPSA) is 241 Å². The number of terminal acetylenes is 1. The van der Waals surface area contributed by atoms with E-state index in [9.17, 15) is 33.8 Å². The summed E-state index contributed by atoms with van der Waals surface area (Å²) in [5.41, 5.74) is 5.45. The number of nitrogens with zero attached hydrogens (tertiary/aromatic N) is 8. The monoisotopic (exact) mass is 1140 g/mol. The molecule has 3 aromatic carbocycles. The minimum absolute atomic E-state index is 0.0173. The van der Waals surface area contributed by atoms with E-state index in [1.165, 1.54) is 35.0 Å². The van der Waals surface area contributed by atoms with Crippen molar-refractivity contribution in [1.29, 1.82) is 0 Å². The van der Waals surface area contributed by atoms with Crippen molar-refractivity contribution >= 4 is 56.2 Å². The summed E-state index contributed by atoms with van der Waals surface area (Å²) in [4.78, 5) is 79.5. The molecule has 0 aliphatic carbocycles. The molecule has 2 amide bonds. The number of carbonyl (C=O) groups excluding carboxylic acids is 3. The number of pyridine rings is 3. The van der Waals surface area contributed by atoms with Gasteiger partial charge in [0.2, 0.25) is 5.91 Å². The smallest absolute Gasteiger partial charge is 0.343 e. The van der Waals surface area contributed by atoms with Crippen molar-refractivity contribution in [3.05, 3.63) is 117 Å². The maximum absolute atomic E-state index is 17.5. The van der Waals surface area contributed by atoms with E-state index < -0.39 is 40.5 Å². The van der Waals surface area contributed by atoms with Gasteiger partial charge in [0, 0.05) is 78.3 Å². The van der Waals surface area contributed by atoms with Crippen molar-refractivity contribution in [3.63, 3.8) is 0 Å². The van der Waals surface area contributed by atoms with Gasteiger partial charge in [0.15, 0.2) is 11.4 Å². The largest absolute Gasteiger partial charge is 0.508 e. The van der Waals surface area contributed by atoms with Crippen molar-refractivity contribution in [2.24, 2.45) is 5.73 Å². The number of anilines is 1. The average molecular weight is 1150 g/mol. The summed E-state index contributed by atoms with van der Waals surface area (Å²) in [6, 6.07) is 11.3. The lowest BCUT2D eigenvalue weighted by Crippen LogP contribution is -2.56. The highest BCUT2D eigenvalue weighted by Gasteiger charge is 2.50. The number of esters is 1. The quantitative estimate of drug-likeness (QED) is 0.0498. The van der Waals surface area contributed by atoms with Gasteiger partial charge >= 0.3 is 12.0 Å². The van der Waals surface area contributed by atoms with E-state index in [1.54, 1.807) is 31.2 Å². The Hall–Kier alpha value is -8.65. The van der Waals surface area contributed by atoms with Crippen LogP contribution in [0.1, 0.15) is 86.1 Å². The zero-order chi connectivity index (χ0) is 58.5. The number of cyclic esters (lactones) is 1. The molecule has 5 atom stereocenters. The second-order valence-electron chi connectivity index (χ2n) is 22.8. The first-order chi connectivity index (χ1) is 40.5. The third-order valence-electron chi connectivity index (χ3n) is 17.9. The number of benzene rings is 3. The van der Waals surface area contributed by atoms with Gasteiger partial charge in [0.05, 0.1) is 57.6 Å². The fourth-order valence-electron chi connectivity index (χ4n) is 13.7. The highest BCUT2D eigenvalue weighted by atomic mass is 19.1. The number of halogens is 3. The molecule has 0 saturated carbocycles. The van der Waals surface area contributed by atoms with Crippen molar-refractivity contribution < 1.29 is 52.0 Å². The third-order valence-corrected chi connectivity index (χ3v) is 17.9. The molecule has 6 aliphatic heterocycles. The van der Waals surface area contributed by atoms with Crippen LogP contribution < -0.4 is 31.0 Å². The van der Waals surface area contributed by atoms with Crippen LogP contribution in [-0.4, -0.2) is 132 Å². The van der Waals surface area contributed by atoms with Crippen LogP contribution >= 0.6 is 0 Å². The summed E-state index contributed by atoms with van der Waals surface area (Å²) in [6.07, 6.45) is 10.00. The molecule has 19 nitrogen and oxygen atoms in total. The number of ether oxygens (including phenoxy) is 3. The van der Waals surface area contributed by atoms with Gasteiger partial charge < -0.3 is 49.8 Å². The number of phenols is 1. The molecule has 4 fully saturated rings. The van der Waals surface area contributed by atoms with E-state index in [-0.39, 0.29) is 151 Å². The van der Waals surface area contributed by atoms with E-state index in [2.05, 4.69) is 32.7 Å². The number of rotatable bonds is 15. The van der Waals surface area contributed by atoms with Crippen LogP contribution in [0.5, 0.6) is 17.5 Å². The van der Waals surface area contributed by atoms with Crippen LogP contribution in [0.3, 0.4) is 0 Å². The number of alkyl halides is 1. The van der Waals surface area contributed by atoms with Gasteiger partial charge in [-0.25, -0.2) is 22.9 Å². The van der Waals surface area contributed by atoms with E-state index in [0.29, 0.717) is 89.1 Å². The number of nitrogens with two attached hydrogens (primary N) is 1. The van der Waals surface area contributed by atoms with Crippen LogP contribution in [0, 0.1) is 24.0 Å². The summed E-state index contributed by atoms with van der Waals surface area (Å²) in [6.45, 7) is 7.48. The lowest BCUT2D eigenvalue weighted by Gasteiger charge is -2.42. The highest BCUT2D eigenvalue weighted by Crippen LogP contribution is 2.45. The number of aromatic nitrogens is 5. The fraction of sp³-hybridized carbons (Fsp3) is 0.387. The molecule has 2 bridgehead atoms. The van der Waals surface area contributed by atoms with E-state index in [0.717, 1.165) is 13.0 Å². The zero-order valence-corrected chi connectivity index (χ0v) is 46.0. The Balaban J connectivity index is 0.776. The molecule has 432 valence electrons. The number of hydrogen-bond acceptors (Lipinski definition) is 16. The lowest BCUT2D eigenvalue weighted by atomic mass is 9.86. The SMILES string of the molecule is C#Cc1c(F)ccc2cc(O)cc(-c3ncc4c(N5CC6CCC(C5)N6C(=O)C(=C)COc5ccc6nc7c(c(CNC(=O)CCCN)c6c5)Cn5c-7cc6c(c5=O)COC(=O)C6(O)CC)nc(OCC56CCCN5CC(F)C6)nc4c3F)c12. The molecule has 5 N–H and O–H groups in total. The van der Waals surface area contributed by atoms with Gasteiger partial charge in [-0.1, -0.05) is 25.5 Å². The van der Waals surface area contributed by atoms with E-state index >= 15 is 8.78 Å². The Morgan fingerprint density at radius 3 is 2.60 bits per heavy atom. The average Bonchev–Trinajstić information content (AvgIpc) is 1.73. The first kappa shape index (κ1) is 54.6. The molecular formula is C62H59F3N10O9. The summed E-state index contributed by atoms with van der Waals surface area (Å²) < 4.78 is 67.1. The predicted molar refractivity (Wildman–Crippen MR) is 304 cm³/mol. The molecule has 13 rings (SSSR count). The highest BCUT2D eigenvalue weighted by molar-refractivity contribution is 6.03. The Bertz CT molecular complexity index is 4080. The van der Waals surface area contributed by atoms with E-state index in [1.807, 2.05) is 9.80 Å². The number of carbonyl (C=O) groups is 3. The molecular weight excluding hydrogens is 1090 g/mol. The molecule has 6 aliphatic rings. The Morgan fingerprint density at radius 1 is 1.01 bits per heavy atom. The molecule has 0 spiro atoms. The summed E-state index contributed by atoms with van der Waals surface area (Å²) in [7, 11) is 0. The molecule has 84 heavy (non-hydrogen) atoms. The maximum atomic E-state index is 17.5. The Kier molecular flexibility index (Phi) is 13.6. The van der Waals surface area contributed by atoms with Gasteiger partial charge in [-0.15, -0.1) is 6.42 Å². The summed E-state index contributed by atoms with van der Waals surface area (Å²) in [5.74, 6) is -0.135. The van der Waals surface area contributed by atoms with Crippen LogP contribution in [0.25, 0.3) is 55.2 Å². The van der Waals surface area contributed by atoms with Crippen LogP contribution in [0.4, 0.5) is 19.0 Å². The zero-order valence-electron chi connectivity index (χ0n) is 46.0. The van der Waals surface area contributed by atoms with Gasteiger partial charge in [-0.3, -0.25) is 24.3 Å². The van der Waals surface area contributed by atoms with Gasteiger partial charge in [0.25, 0.3) is 11.5 Å². The number of phenolic OH excluding ortho intramolecular Hbond substituents is 1. The number of fused-ring (bicyclic) bond motifs is 10. The second-order valence-corrected chi connectivity index (χ2v) is 22.8. The van der Waals surface area contributed by atoms with Crippen LogP contribution in [-0.2, 0) is 44.4 Å². The van der Waals surface area contributed by atoms with Gasteiger partial charge in [-0.05, 0) is 105 Å². The van der Waals surface area contributed by atoms with Crippen LogP contribution in [0.2, 0.25) is 0 Å². The number of aromatic hydroxyl groups is 1. The standard InChI is InChI=1S/C62H59F3N10O9/c1-4-39-47(64)13-9-33-18-37(76)19-41(51(33)39)54-52(65)55-43(24-68-54)56(71-60(70-55)84-31-61-15-7-17-73(61)25-34(63)22-61)72-26-35-10-11-36(27-72)75(35)57(78)32(3)29-82-38-12-14-48-40(20-38)42(23-67-50(77)8-6-16-66)44-28-74-49(53(44)69-48)21-46-45(58(74)79)30-83-59(80)62(46,81)5-2/h1,9,12-14,18-21,24,34-36,76,81H,3,5-8,10-11,15-17,22-23,25-31,66H2,2H3,(H,67,77). The van der Waals surface area contributed by atoms with Crippen molar-refractivity contribution in [3.8, 4) is 52.5 Å².